The van der Waals surface area contributed by atoms with Gasteiger partial charge in [0.25, 0.3) is 0 Å². The molecule has 0 aliphatic rings. The summed E-state index contributed by atoms with van der Waals surface area (Å²) >= 11 is 4.69. The van der Waals surface area contributed by atoms with Crippen LogP contribution in [-0.2, 0) is 10.0 Å². The number of sulfonamides is 1. The van der Waals surface area contributed by atoms with Crippen molar-refractivity contribution in [3.05, 3.63) is 18.2 Å². The van der Waals surface area contributed by atoms with Crippen LogP contribution >= 0.6 is 12.2 Å². The van der Waals surface area contributed by atoms with Crippen molar-refractivity contribution in [1.82, 2.24) is 0 Å². The minimum absolute atomic E-state index is 0.0972. The van der Waals surface area contributed by atoms with Crippen LogP contribution in [0.5, 0.6) is 11.5 Å². The smallest absolute Gasteiger partial charge is 0.242 e. The van der Waals surface area contributed by atoms with Crippen LogP contribution in [0, 0.1) is 0 Å². The Morgan fingerprint density at radius 3 is 2.47 bits per heavy atom. The lowest BCUT2D eigenvalue weighted by molar-refractivity contribution is 0.395. The summed E-state index contributed by atoms with van der Waals surface area (Å²) in [4.78, 5) is -0.0972. The maximum Gasteiger partial charge on any atom is 0.242 e. The van der Waals surface area contributed by atoms with E-state index < -0.39 is 15.3 Å². The predicted octanol–water partition coefficient (Wildman–Crippen LogP) is 1.12. The van der Waals surface area contributed by atoms with Crippen molar-refractivity contribution in [2.24, 2.45) is 5.73 Å². The molecule has 106 valence electrons. The van der Waals surface area contributed by atoms with Crippen molar-refractivity contribution in [3.8, 4) is 11.5 Å². The molecule has 0 aliphatic heterocycles. The van der Waals surface area contributed by atoms with E-state index >= 15 is 0 Å². The molecule has 1 unspecified atom stereocenters. The van der Waals surface area contributed by atoms with Gasteiger partial charge in [-0.05, 0) is 19.1 Å². The SMILES string of the molecule is COc1ccc(NS(=O)(=O)C(C)C(N)=S)c(OC)c1. The number of rotatable bonds is 6. The zero-order valence-electron chi connectivity index (χ0n) is 10.8. The number of hydrogen-bond donors (Lipinski definition) is 2. The second-order valence-electron chi connectivity index (χ2n) is 3.76. The molecule has 1 atom stereocenters. The average molecular weight is 304 g/mol. The van der Waals surface area contributed by atoms with Crippen LogP contribution in [0.2, 0.25) is 0 Å². The van der Waals surface area contributed by atoms with Crippen LogP contribution in [0.1, 0.15) is 6.92 Å². The van der Waals surface area contributed by atoms with E-state index in [0.29, 0.717) is 17.2 Å². The van der Waals surface area contributed by atoms with Crippen molar-refractivity contribution >= 4 is 32.9 Å². The normalized spacial score (nSPS) is 12.6. The van der Waals surface area contributed by atoms with Gasteiger partial charge in [0.1, 0.15) is 16.7 Å². The summed E-state index contributed by atoms with van der Waals surface area (Å²) in [5.41, 5.74) is 5.65. The molecule has 0 saturated heterocycles. The molecule has 8 heteroatoms. The van der Waals surface area contributed by atoms with Crippen molar-refractivity contribution in [3.63, 3.8) is 0 Å². The summed E-state index contributed by atoms with van der Waals surface area (Å²) in [6.07, 6.45) is 0. The lowest BCUT2D eigenvalue weighted by Gasteiger charge is -2.16. The average Bonchev–Trinajstić information content (AvgIpc) is 2.37. The van der Waals surface area contributed by atoms with Crippen LogP contribution in [0.15, 0.2) is 18.2 Å². The molecule has 0 saturated carbocycles. The van der Waals surface area contributed by atoms with Crippen LogP contribution in [0.4, 0.5) is 5.69 Å². The van der Waals surface area contributed by atoms with Crippen molar-refractivity contribution < 1.29 is 17.9 Å². The fraction of sp³-hybridized carbons (Fsp3) is 0.364. The molecule has 0 bridgehead atoms. The van der Waals surface area contributed by atoms with Gasteiger partial charge in [-0.25, -0.2) is 8.42 Å². The summed E-state index contributed by atoms with van der Waals surface area (Å²) < 4.78 is 36.5. The van der Waals surface area contributed by atoms with Crippen molar-refractivity contribution in [1.29, 1.82) is 0 Å². The molecular formula is C11H16N2O4S2. The molecule has 0 spiro atoms. The lowest BCUT2D eigenvalue weighted by atomic mass is 10.3. The molecule has 0 fully saturated rings. The first-order valence-corrected chi connectivity index (χ1v) is 7.30. The molecule has 0 heterocycles. The Labute approximate surface area is 117 Å². The van der Waals surface area contributed by atoms with E-state index in [2.05, 4.69) is 4.72 Å². The fourth-order valence-corrected chi connectivity index (χ4v) is 2.62. The zero-order chi connectivity index (χ0) is 14.6. The number of thiocarbonyl (C=S) groups is 1. The Morgan fingerprint density at radius 2 is 2.00 bits per heavy atom. The van der Waals surface area contributed by atoms with Gasteiger partial charge in [-0.2, -0.15) is 0 Å². The van der Waals surface area contributed by atoms with E-state index in [9.17, 15) is 8.42 Å². The van der Waals surface area contributed by atoms with Crippen molar-refractivity contribution in [2.75, 3.05) is 18.9 Å². The van der Waals surface area contributed by atoms with Crippen LogP contribution < -0.4 is 19.9 Å². The Kier molecular flexibility index (Phi) is 4.96. The topological polar surface area (TPSA) is 90.7 Å². The van der Waals surface area contributed by atoms with E-state index in [4.69, 9.17) is 27.4 Å². The molecule has 3 N–H and O–H groups in total. The van der Waals surface area contributed by atoms with Gasteiger partial charge in [-0.15, -0.1) is 0 Å². The highest BCUT2D eigenvalue weighted by Crippen LogP contribution is 2.30. The van der Waals surface area contributed by atoms with E-state index in [1.54, 1.807) is 18.2 Å². The summed E-state index contributed by atoms with van der Waals surface area (Å²) in [5.74, 6) is 0.903. The first-order chi connectivity index (χ1) is 8.81. The minimum Gasteiger partial charge on any atom is -0.497 e. The molecule has 1 rings (SSSR count). The highest BCUT2D eigenvalue weighted by Gasteiger charge is 2.24. The number of hydrogen-bond acceptors (Lipinski definition) is 5. The Balaban J connectivity index is 3.09. The van der Waals surface area contributed by atoms with Gasteiger partial charge < -0.3 is 15.2 Å². The quantitative estimate of drug-likeness (QED) is 0.765. The van der Waals surface area contributed by atoms with Gasteiger partial charge >= 0.3 is 0 Å². The number of benzene rings is 1. The van der Waals surface area contributed by atoms with Gasteiger partial charge in [0.2, 0.25) is 10.0 Å². The minimum atomic E-state index is -3.70. The van der Waals surface area contributed by atoms with E-state index in [-0.39, 0.29) is 4.99 Å². The number of nitrogens with two attached hydrogens (primary N) is 1. The Hall–Kier alpha value is -1.54. The van der Waals surface area contributed by atoms with Crippen LogP contribution in [0.3, 0.4) is 0 Å². The van der Waals surface area contributed by atoms with Gasteiger partial charge in [0, 0.05) is 6.07 Å². The number of ether oxygens (including phenoxy) is 2. The van der Waals surface area contributed by atoms with E-state index in [1.165, 1.54) is 21.1 Å². The Morgan fingerprint density at radius 1 is 1.37 bits per heavy atom. The number of methoxy groups -OCH3 is 2. The van der Waals surface area contributed by atoms with Crippen LogP contribution in [-0.4, -0.2) is 32.9 Å². The first kappa shape index (κ1) is 15.5. The van der Waals surface area contributed by atoms with Crippen LogP contribution in [0.25, 0.3) is 0 Å². The lowest BCUT2D eigenvalue weighted by Crippen LogP contribution is -2.35. The van der Waals surface area contributed by atoms with Gasteiger partial charge in [0.05, 0.1) is 24.9 Å². The highest BCUT2D eigenvalue weighted by atomic mass is 32.2. The molecule has 0 amide bonds. The standard InChI is InChI=1S/C11H16N2O4S2/c1-7(11(12)18)19(14,15)13-9-5-4-8(16-2)6-10(9)17-3/h4-7,13H,1-3H3,(H2,12,18). The second kappa shape index (κ2) is 6.07. The first-order valence-electron chi connectivity index (χ1n) is 5.34. The van der Waals surface area contributed by atoms with Gasteiger partial charge in [0.15, 0.2) is 0 Å². The third-order valence-electron chi connectivity index (χ3n) is 2.53. The molecule has 0 radical (unpaired) electrons. The van der Waals surface area contributed by atoms with E-state index in [1.807, 2.05) is 0 Å². The van der Waals surface area contributed by atoms with Crippen molar-refractivity contribution in [2.45, 2.75) is 12.2 Å². The van der Waals surface area contributed by atoms with E-state index in [0.717, 1.165) is 0 Å². The zero-order valence-corrected chi connectivity index (χ0v) is 12.5. The Bertz CT molecular complexity index is 572. The largest absolute Gasteiger partial charge is 0.497 e. The second-order valence-corrected chi connectivity index (χ2v) is 6.23. The molecule has 19 heavy (non-hydrogen) atoms. The molecule has 0 aromatic heterocycles. The number of nitrogens with one attached hydrogen (secondary N) is 1. The third kappa shape index (κ3) is 3.71. The molecule has 6 nitrogen and oxygen atoms in total. The molecular weight excluding hydrogens is 288 g/mol. The summed E-state index contributed by atoms with van der Waals surface area (Å²) in [6.45, 7) is 1.42. The maximum atomic E-state index is 12.0. The van der Waals surface area contributed by atoms with Gasteiger partial charge in [-0.3, -0.25) is 4.72 Å². The fourth-order valence-electron chi connectivity index (χ4n) is 1.28. The summed E-state index contributed by atoms with van der Waals surface area (Å²) in [7, 11) is -0.760. The molecule has 1 aromatic rings. The third-order valence-corrected chi connectivity index (χ3v) is 4.72. The number of anilines is 1. The summed E-state index contributed by atoms with van der Waals surface area (Å²) in [5, 5.41) is -0.977. The maximum absolute atomic E-state index is 12.0. The van der Waals surface area contributed by atoms with Gasteiger partial charge in [-0.1, -0.05) is 12.2 Å². The monoisotopic (exact) mass is 304 g/mol. The molecule has 0 aliphatic carbocycles. The highest BCUT2D eigenvalue weighted by molar-refractivity contribution is 7.95. The molecule has 1 aromatic carbocycles. The summed E-state index contributed by atoms with van der Waals surface area (Å²) in [6, 6.07) is 4.73. The predicted molar refractivity (Wildman–Crippen MR) is 78.3 cm³/mol.